The van der Waals surface area contributed by atoms with Crippen molar-refractivity contribution in [3.05, 3.63) is 71.3 Å². The lowest BCUT2D eigenvalue weighted by Crippen LogP contribution is -2.31. The highest BCUT2D eigenvalue weighted by atomic mass is 32.2. The highest BCUT2D eigenvalue weighted by Gasteiger charge is 2.30. The number of methoxy groups -OCH3 is 1. The van der Waals surface area contributed by atoms with Crippen LogP contribution in [0.3, 0.4) is 0 Å². The SMILES string of the molecule is COC(=O)CC(NC(=O)c1cccc(CN2C(=O)CSC2=O)c1)c1ccccc1. The molecule has 0 saturated carbocycles. The Bertz CT molecular complexity index is 916. The van der Waals surface area contributed by atoms with Crippen molar-refractivity contribution < 1.29 is 23.9 Å². The first-order valence-corrected chi connectivity index (χ1v) is 9.95. The van der Waals surface area contributed by atoms with E-state index < -0.39 is 12.0 Å². The lowest BCUT2D eigenvalue weighted by atomic mass is 10.0. The second-order valence-electron chi connectivity index (χ2n) is 6.45. The summed E-state index contributed by atoms with van der Waals surface area (Å²) >= 11 is 0.971. The van der Waals surface area contributed by atoms with Crippen molar-refractivity contribution in [2.45, 2.75) is 19.0 Å². The van der Waals surface area contributed by atoms with Crippen LogP contribution in [0.2, 0.25) is 0 Å². The van der Waals surface area contributed by atoms with Crippen LogP contribution >= 0.6 is 11.8 Å². The van der Waals surface area contributed by atoms with Gasteiger partial charge in [-0.15, -0.1) is 0 Å². The maximum Gasteiger partial charge on any atom is 0.307 e. The van der Waals surface area contributed by atoms with E-state index in [0.29, 0.717) is 11.1 Å². The number of rotatable bonds is 7. The quantitative estimate of drug-likeness (QED) is 0.703. The minimum Gasteiger partial charge on any atom is -0.469 e. The number of hydrogen-bond acceptors (Lipinski definition) is 6. The van der Waals surface area contributed by atoms with Gasteiger partial charge in [-0.25, -0.2) is 0 Å². The number of nitrogens with zero attached hydrogens (tertiary/aromatic N) is 1. The molecule has 1 fully saturated rings. The predicted octanol–water partition coefficient (Wildman–Crippen LogP) is 2.92. The molecule has 29 heavy (non-hydrogen) atoms. The smallest absolute Gasteiger partial charge is 0.307 e. The Labute approximate surface area is 172 Å². The highest BCUT2D eigenvalue weighted by molar-refractivity contribution is 8.14. The molecule has 3 rings (SSSR count). The molecule has 0 aromatic heterocycles. The van der Waals surface area contributed by atoms with E-state index in [1.165, 1.54) is 12.0 Å². The van der Waals surface area contributed by atoms with Crippen LogP contribution < -0.4 is 5.32 Å². The van der Waals surface area contributed by atoms with Gasteiger partial charge >= 0.3 is 5.97 Å². The van der Waals surface area contributed by atoms with Crippen molar-refractivity contribution in [1.29, 1.82) is 0 Å². The number of hydrogen-bond donors (Lipinski definition) is 1. The number of nitrogens with one attached hydrogen (secondary N) is 1. The summed E-state index contributed by atoms with van der Waals surface area (Å²) < 4.78 is 4.74. The zero-order chi connectivity index (χ0) is 20.8. The van der Waals surface area contributed by atoms with Crippen molar-refractivity contribution in [2.24, 2.45) is 0 Å². The van der Waals surface area contributed by atoms with Crippen LogP contribution in [0.5, 0.6) is 0 Å². The average molecular weight is 412 g/mol. The second-order valence-corrected chi connectivity index (χ2v) is 7.38. The van der Waals surface area contributed by atoms with Gasteiger partial charge < -0.3 is 10.1 Å². The number of ether oxygens (including phenoxy) is 1. The molecule has 1 heterocycles. The van der Waals surface area contributed by atoms with E-state index in [1.807, 2.05) is 30.3 Å². The summed E-state index contributed by atoms with van der Waals surface area (Å²) in [7, 11) is 1.30. The zero-order valence-corrected chi connectivity index (χ0v) is 16.6. The molecule has 0 bridgehead atoms. The van der Waals surface area contributed by atoms with Crippen molar-refractivity contribution in [1.82, 2.24) is 10.2 Å². The molecule has 0 spiro atoms. The monoisotopic (exact) mass is 412 g/mol. The van der Waals surface area contributed by atoms with E-state index in [4.69, 9.17) is 4.74 Å². The molecule has 1 aliphatic rings. The Hall–Kier alpha value is -3.13. The molecule has 7 nitrogen and oxygen atoms in total. The lowest BCUT2D eigenvalue weighted by Gasteiger charge is -2.19. The van der Waals surface area contributed by atoms with Gasteiger partial charge in [0.2, 0.25) is 5.91 Å². The molecular weight excluding hydrogens is 392 g/mol. The highest BCUT2D eigenvalue weighted by Crippen LogP contribution is 2.22. The van der Waals surface area contributed by atoms with Crippen LogP contribution in [0.25, 0.3) is 0 Å². The van der Waals surface area contributed by atoms with E-state index in [0.717, 1.165) is 17.3 Å². The zero-order valence-electron chi connectivity index (χ0n) is 15.8. The van der Waals surface area contributed by atoms with Gasteiger partial charge in [-0.2, -0.15) is 0 Å². The first kappa shape index (κ1) is 20.6. The van der Waals surface area contributed by atoms with Gasteiger partial charge in [0.25, 0.3) is 11.1 Å². The van der Waals surface area contributed by atoms with Gasteiger partial charge in [-0.1, -0.05) is 54.2 Å². The third-order valence-electron chi connectivity index (χ3n) is 4.48. The molecular formula is C21H20N2O5S. The molecule has 2 aromatic rings. The Morgan fingerprint density at radius 3 is 2.55 bits per heavy atom. The Morgan fingerprint density at radius 2 is 1.90 bits per heavy atom. The number of imide groups is 1. The number of carbonyl (C=O) groups is 4. The molecule has 2 aromatic carbocycles. The number of thioether (sulfide) groups is 1. The average Bonchev–Trinajstić information content (AvgIpc) is 3.06. The molecule has 3 amide bonds. The summed E-state index contributed by atoms with van der Waals surface area (Å²) in [6, 6.07) is 15.3. The van der Waals surface area contributed by atoms with Gasteiger partial charge in [0, 0.05) is 5.56 Å². The summed E-state index contributed by atoms with van der Waals surface area (Å²) in [4.78, 5) is 49.3. The van der Waals surface area contributed by atoms with Gasteiger partial charge in [-0.05, 0) is 23.3 Å². The molecule has 0 radical (unpaired) electrons. The number of benzene rings is 2. The van der Waals surface area contributed by atoms with Gasteiger partial charge in [0.15, 0.2) is 0 Å². The van der Waals surface area contributed by atoms with Gasteiger partial charge in [-0.3, -0.25) is 24.1 Å². The van der Waals surface area contributed by atoms with Crippen LogP contribution in [-0.2, 0) is 20.9 Å². The maximum absolute atomic E-state index is 12.8. The summed E-state index contributed by atoms with van der Waals surface area (Å²) in [5.41, 5.74) is 1.83. The molecule has 1 atom stereocenters. The summed E-state index contributed by atoms with van der Waals surface area (Å²) in [6.07, 6.45) is -0.0000510. The molecule has 1 N–H and O–H groups in total. The van der Waals surface area contributed by atoms with Crippen molar-refractivity contribution in [2.75, 3.05) is 12.9 Å². The van der Waals surface area contributed by atoms with Crippen LogP contribution in [0.1, 0.15) is 33.9 Å². The van der Waals surface area contributed by atoms with Crippen molar-refractivity contribution in [3.63, 3.8) is 0 Å². The fraction of sp³-hybridized carbons (Fsp3) is 0.238. The molecule has 1 aliphatic heterocycles. The Kier molecular flexibility index (Phi) is 6.66. The van der Waals surface area contributed by atoms with Crippen LogP contribution in [0, 0.1) is 0 Å². The third-order valence-corrected chi connectivity index (χ3v) is 5.33. The van der Waals surface area contributed by atoms with Crippen LogP contribution in [-0.4, -0.2) is 40.8 Å². The maximum atomic E-state index is 12.8. The topological polar surface area (TPSA) is 92.8 Å². The lowest BCUT2D eigenvalue weighted by molar-refractivity contribution is -0.141. The molecule has 1 saturated heterocycles. The fourth-order valence-corrected chi connectivity index (χ4v) is 3.68. The van der Waals surface area contributed by atoms with E-state index in [-0.39, 0.29) is 35.8 Å². The van der Waals surface area contributed by atoms with Gasteiger partial charge in [0.05, 0.1) is 31.9 Å². The van der Waals surface area contributed by atoms with E-state index in [2.05, 4.69) is 5.32 Å². The number of amides is 3. The van der Waals surface area contributed by atoms with Crippen LogP contribution in [0.15, 0.2) is 54.6 Å². The first-order chi connectivity index (χ1) is 14.0. The summed E-state index contributed by atoms with van der Waals surface area (Å²) in [5.74, 6) is -0.891. The largest absolute Gasteiger partial charge is 0.469 e. The van der Waals surface area contributed by atoms with E-state index in [1.54, 1.807) is 24.3 Å². The van der Waals surface area contributed by atoms with E-state index in [9.17, 15) is 19.2 Å². The van der Waals surface area contributed by atoms with Crippen molar-refractivity contribution >= 4 is 34.8 Å². The fourth-order valence-electron chi connectivity index (χ4n) is 2.96. The summed E-state index contributed by atoms with van der Waals surface area (Å²) in [5, 5.41) is 2.58. The van der Waals surface area contributed by atoms with Gasteiger partial charge in [0.1, 0.15) is 0 Å². The predicted molar refractivity (Wildman–Crippen MR) is 108 cm³/mol. The second kappa shape index (κ2) is 9.38. The summed E-state index contributed by atoms with van der Waals surface area (Å²) in [6.45, 7) is 0.121. The molecule has 1 unspecified atom stereocenters. The number of esters is 1. The minimum atomic E-state index is -0.544. The Morgan fingerprint density at radius 1 is 1.14 bits per heavy atom. The first-order valence-electron chi connectivity index (χ1n) is 8.96. The normalized spacial score (nSPS) is 14.6. The molecule has 150 valence electrons. The number of carbonyl (C=O) groups excluding carboxylic acids is 4. The van der Waals surface area contributed by atoms with Crippen LogP contribution in [0.4, 0.5) is 4.79 Å². The van der Waals surface area contributed by atoms with Crippen molar-refractivity contribution in [3.8, 4) is 0 Å². The standard InChI is InChI=1S/C21H20N2O5S/c1-28-19(25)11-17(15-7-3-2-4-8-15)22-20(26)16-9-5-6-14(10-16)12-23-18(24)13-29-21(23)27/h2-10,17H,11-13H2,1H3,(H,22,26). The molecule has 8 heteroatoms. The van der Waals surface area contributed by atoms with E-state index >= 15 is 0 Å². The molecule has 0 aliphatic carbocycles. The third kappa shape index (κ3) is 5.23. The Balaban J connectivity index is 1.75. The minimum absolute atomic E-state index is 0.0000510.